The van der Waals surface area contributed by atoms with Gasteiger partial charge in [-0.3, -0.25) is 9.69 Å². The zero-order valence-electron chi connectivity index (χ0n) is 18.2. The maximum absolute atomic E-state index is 13.5. The van der Waals surface area contributed by atoms with E-state index in [9.17, 15) is 13.6 Å². The highest BCUT2D eigenvalue weighted by Gasteiger charge is 2.50. The van der Waals surface area contributed by atoms with Gasteiger partial charge in [0.05, 0.1) is 0 Å². The molecule has 0 saturated heterocycles. The number of guanidine groups is 1. The first kappa shape index (κ1) is 21.8. The third-order valence-electron chi connectivity index (χ3n) is 5.69. The number of halogens is 2. The summed E-state index contributed by atoms with van der Waals surface area (Å²) in [6.07, 6.45) is 1.77. The molecule has 2 aromatic carbocycles. The van der Waals surface area contributed by atoms with Crippen molar-refractivity contribution in [1.29, 1.82) is 0 Å². The molecule has 2 aromatic rings. The molecule has 1 unspecified atom stereocenters. The topological polar surface area (TPSA) is 67.9 Å². The van der Waals surface area contributed by atoms with Gasteiger partial charge in [-0.2, -0.15) is 8.78 Å². The number of amides is 1. The van der Waals surface area contributed by atoms with Gasteiger partial charge < -0.3 is 10.5 Å². The summed E-state index contributed by atoms with van der Waals surface area (Å²) in [6.45, 7) is 1.08. The van der Waals surface area contributed by atoms with E-state index in [4.69, 9.17) is 10.5 Å². The molecule has 1 saturated carbocycles. The lowest BCUT2D eigenvalue weighted by atomic mass is 9.81. The number of nitrogens with zero attached hydrogens (tertiary/aromatic N) is 2. The second-order valence-corrected chi connectivity index (χ2v) is 8.45. The number of rotatable bonds is 5. The molecular formula is C25H25F2N3O2. The Hall–Kier alpha value is -3.40. The Morgan fingerprint density at radius 1 is 1.19 bits per heavy atom. The molecule has 5 nitrogen and oxygen atoms in total. The molecule has 7 heteroatoms. The molecule has 1 amide bonds. The van der Waals surface area contributed by atoms with E-state index in [0.717, 1.165) is 18.4 Å². The molecule has 4 rings (SSSR count). The number of carbonyl (C=O) groups is 1. The van der Waals surface area contributed by atoms with Crippen LogP contribution in [0, 0.1) is 17.8 Å². The van der Waals surface area contributed by atoms with Gasteiger partial charge in [0.15, 0.2) is 11.5 Å². The number of ether oxygens (including phenoxy) is 1. The molecule has 166 valence electrons. The Balaban J connectivity index is 1.89. The lowest BCUT2D eigenvalue weighted by Gasteiger charge is -2.27. The van der Waals surface area contributed by atoms with E-state index in [1.807, 2.05) is 38.1 Å². The molecule has 1 heterocycles. The maximum atomic E-state index is 13.5. The van der Waals surface area contributed by atoms with Crippen LogP contribution in [0.4, 0.5) is 8.78 Å². The average molecular weight is 437 g/mol. The minimum atomic E-state index is -2.92. The van der Waals surface area contributed by atoms with Crippen molar-refractivity contribution in [3.8, 4) is 17.6 Å². The fourth-order valence-electron chi connectivity index (χ4n) is 3.92. The number of likely N-dealkylation sites (N-methyl/N-ethyl adjacent to an activating group) is 1. The lowest BCUT2D eigenvalue weighted by Crippen LogP contribution is -2.41. The van der Waals surface area contributed by atoms with Gasteiger partial charge in [-0.1, -0.05) is 43.9 Å². The van der Waals surface area contributed by atoms with Crippen LogP contribution in [0.5, 0.6) is 5.75 Å². The number of alkyl halides is 2. The van der Waals surface area contributed by atoms with Crippen molar-refractivity contribution in [2.24, 2.45) is 16.6 Å². The van der Waals surface area contributed by atoms with Crippen LogP contribution >= 0.6 is 0 Å². The fourth-order valence-corrected chi connectivity index (χ4v) is 3.92. The van der Waals surface area contributed by atoms with E-state index in [0.29, 0.717) is 16.7 Å². The number of hydrogen-bond donors (Lipinski definition) is 1. The summed E-state index contributed by atoms with van der Waals surface area (Å²) in [6, 6.07) is 12.2. The maximum Gasteiger partial charge on any atom is 0.387 e. The van der Waals surface area contributed by atoms with Crippen molar-refractivity contribution in [2.45, 2.75) is 44.8 Å². The van der Waals surface area contributed by atoms with E-state index in [1.165, 1.54) is 11.0 Å². The van der Waals surface area contributed by atoms with Gasteiger partial charge in [0.2, 0.25) is 0 Å². The number of carbonyl (C=O) groups excluding carboxylic acids is 1. The molecule has 32 heavy (non-hydrogen) atoms. The second kappa shape index (κ2) is 8.27. The zero-order chi connectivity index (χ0) is 23.0. The summed E-state index contributed by atoms with van der Waals surface area (Å²) in [5, 5.41) is 0. The van der Waals surface area contributed by atoms with Crippen molar-refractivity contribution in [3.05, 3.63) is 64.7 Å². The summed E-state index contributed by atoms with van der Waals surface area (Å²) < 4.78 is 30.6. The molecule has 0 bridgehead atoms. The summed E-state index contributed by atoms with van der Waals surface area (Å²) in [4.78, 5) is 19.4. The monoisotopic (exact) mass is 437 g/mol. The predicted molar refractivity (Wildman–Crippen MR) is 118 cm³/mol. The summed E-state index contributed by atoms with van der Waals surface area (Å²) in [5.41, 5.74) is 7.25. The molecule has 1 aliphatic carbocycles. The second-order valence-electron chi connectivity index (χ2n) is 8.45. The first-order valence-corrected chi connectivity index (χ1v) is 10.6. The number of nitrogens with two attached hydrogens (primary N) is 1. The normalized spacial score (nSPS) is 20.4. The molecule has 2 aliphatic rings. The van der Waals surface area contributed by atoms with Gasteiger partial charge in [0, 0.05) is 18.5 Å². The Bertz CT molecular complexity index is 1150. The van der Waals surface area contributed by atoms with Crippen molar-refractivity contribution in [1.82, 2.24) is 4.90 Å². The van der Waals surface area contributed by atoms with Gasteiger partial charge in [0.1, 0.15) is 5.75 Å². The molecule has 2 N–H and O–H groups in total. The first-order chi connectivity index (χ1) is 15.2. The summed E-state index contributed by atoms with van der Waals surface area (Å²) >= 11 is 0. The van der Waals surface area contributed by atoms with Crippen molar-refractivity contribution in [2.75, 3.05) is 7.05 Å². The average Bonchev–Trinajstić information content (AvgIpc) is 3.57. The van der Waals surface area contributed by atoms with Gasteiger partial charge in [-0.25, -0.2) is 4.99 Å². The molecule has 1 fully saturated rings. The van der Waals surface area contributed by atoms with E-state index in [-0.39, 0.29) is 29.5 Å². The summed E-state index contributed by atoms with van der Waals surface area (Å²) in [7, 11) is 1.57. The van der Waals surface area contributed by atoms with Crippen LogP contribution in [0.1, 0.15) is 54.9 Å². The van der Waals surface area contributed by atoms with Crippen LogP contribution in [-0.2, 0) is 10.3 Å². The third kappa shape index (κ3) is 3.93. The number of aliphatic imine (C=N–C) groups is 1. The highest BCUT2D eigenvalue weighted by atomic mass is 19.3. The Kier molecular flexibility index (Phi) is 5.64. The van der Waals surface area contributed by atoms with Crippen LogP contribution in [-0.4, -0.2) is 30.4 Å². The lowest BCUT2D eigenvalue weighted by molar-refractivity contribution is -0.129. The van der Waals surface area contributed by atoms with Gasteiger partial charge in [-0.05, 0) is 59.7 Å². The van der Waals surface area contributed by atoms with Crippen molar-refractivity contribution >= 4 is 11.9 Å². The van der Waals surface area contributed by atoms with E-state index < -0.39 is 12.2 Å². The quantitative estimate of drug-likeness (QED) is 0.713. The van der Waals surface area contributed by atoms with E-state index >= 15 is 0 Å². The van der Waals surface area contributed by atoms with Crippen LogP contribution in [0.2, 0.25) is 0 Å². The Labute approximate surface area is 186 Å². The Morgan fingerprint density at radius 3 is 2.50 bits per heavy atom. The standard InChI is InChI=1S/C25H25F2N3O2/c1-15(2)7-8-16-5-4-6-18(13-16)25(22(31)30(3)24(28)29-25)19-11-12-21(32-23(26)27)20(14-19)17-9-10-17/h4-6,11-15,17,23H,9-10H2,1-3H3,(H2,28,29). The summed E-state index contributed by atoms with van der Waals surface area (Å²) in [5.74, 6) is 6.49. The largest absolute Gasteiger partial charge is 0.435 e. The van der Waals surface area contributed by atoms with Gasteiger partial charge in [-0.15, -0.1) is 0 Å². The van der Waals surface area contributed by atoms with Crippen LogP contribution < -0.4 is 10.5 Å². The van der Waals surface area contributed by atoms with Crippen LogP contribution in [0.25, 0.3) is 0 Å². The highest BCUT2D eigenvalue weighted by Crippen LogP contribution is 2.48. The smallest absolute Gasteiger partial charge is 0.387 e. The van der Waals surface area contributed by atoms with Gasteiger partial charge in [0.25, 0.3) is 5.91 Å². The highest BCUT2D eigenvalue weighted by molar-refractivity contribution is 6.09. The van der Waals surface area contributed by atoms with Crippen LogP contribution in [0.15, 0.2) is 47.5 Å². The first-order valence-electron chi connectivity index (χ1n) is 10.6. The molecule has 1 atom stereocenters. The minimum Gasteiger partial charge on any atom is -0.435 e. The predicted octanol–water partition coefficient (Wildman–Crippen LogP) is 4.20. The number of hydrogen-bond acceptors (Lipinski definition) is 4. The van der Waals surface area contributed by atoms with Crippen molar-refractivity contribution in [3.63, 3.8) is 0 Å². The van der Waals surface area contributed by atoms with E-state index in [2.05, 4.69) is 16.8 Å². The third-order valence-corrected chi connectivity index (χ3v) is 5.69. The molecule has 0 spiro atoms. The Morgan fingerprint density at radius 2 is 1.91 bits per heavy atom. The zero-order valence-corrected chi connectivity index (χ0v) is 18.2. The fraction of sp³-hybridized carbons (Fsp3) is 0.360. The van der Waals surface area contributed by atoms with E-state index in [1.54, 1.807) is 19.2 Å². The molecular weight excluding hydrogens is 412 g/mol. The van der Waals surface area contributed by atoms with Crippen molar-refractivity contribution < 1.29 is 18.3 Å². The van der Waals surface area contributed by atoms with Crippen LogP contribution in [0.3, 0.4) is 0 Å². The molecule has 0 radical (unpaired) electrons. The van der Waals surface area contributed by atoms with Gasteiger partial charge >= 0.3 is 6.61 Å². The molecule has 1 aliphatic heterocycles. The molecule has 0 aromatic heterocycles. The minimum absolute atomic E-state index is 0.0922. The number of benzene rings is 2. The SMILES string of the molecule is CC(C)C#Cc1cccc(C2(c3ccc(OC(F)F)c(C4CC4)c3)N=C(N)N(C)C2=O)c1.